The van der Waals surface area contributed by atoms with Gasteiger partial charge >= 0.3 is 0 Å². The van der Waals surface area contributed by atoms with E-state index in [2.05, 4.69) is 29.4 Å². The molecular weight excluding hydrogens is 320 g/mol. The summed E-state index contributed by atoms with van der Waals surface area (Å²) >= 11 is 3.60. The van der Waals surface area contributed by atoms with E-state index in [4.69, 9.17) is 5.11 Å². The van der Waals surface area contributed by atoms with Crippen molar-refractivity contribution in [3.63, 3.8) is 0 Å². The second-order valence-corrected chi connectivity index (χ2v) is 8.07. The topological polar surface area (TPSA) is 20.2 Å². The summed E-state index contributed by atoms with van der Waals surface area (Å²) in [7, 11) is 0. The van der Waals surface area contributed by atoms with Crippen molar-refractivity contribution < 1.29 is 5.11 Å². The van der Waals surface area contributed by atoms with E-state index in [0.717, 1.165) is 12.2 Å². The third-order valence-corrected chi connectivity index (χ3v) is 5.64. The first-order valence-corrected chi connectivity index (χ1v) is 11.2. The molecule has 3 heteroatoms. The lowest BCUT2D eigenvalue weighted by Crippen LogP contribution is -1.89. The molecule has 1 rings (SSSR count). The van der Waals surface area contributed by atoms with Gasteiger partial charge in [-0.1, -0.05) is 69.3 Å². The minimum Gasteiger partial charge on any atom is -0.396 e. The molecule has 0 bridgehead atoms. The average Bonchev–Trinajstić information content (AvgIpc) is 3.08. The Kier molecular flexibility index (Phi) is 14.7. The van der Waals surface area contributed by atoms with Crippen LogP contribution in [-0.4, -0.2) is 23.2 Å². The van der Waals surface area contributed by atoms with Gasteiger partial charge in [0.25, 0.3) is 0 Å². The van der Waals surface area contributed by atoms with Crippen molar-refractivity contribution in [1.82, 2.24) is 0 Å². The Morgan fingerprint density at radius 3 is 2.13 bits per heavy atom. The van der Waals surface area contributed by atoms with Crippen LogP contribution in [0.25, 0.3) is 0 Å². The van der Waals surface area contributed by atoms with Crippen molar-refractivity contribution in [2.45, 2.75) is 70.6 Å². The molecule has 0 saturated heterocycles. The second-order valence-electron chi connectivity index (χ2n) is 5.90. The van der Waals surface area contributed by atoms with Crippen molar-refractivity contribution in [3.8, 4) is 11.8 Å². The van der Waals surface area contributed by atoms with Gasteiger partial charge in [0.2, 0.25) is 0 Å². The molecule has 0 aliphatic carbocycles. The molecule has 23 heavy (non-hydrogen) atoms. The van der Waals surface area contributed by atoms with Crippen LogP contribution in [0.4, 0.5) is 0 Å². The molecule has 1 aromatic rings. The lowest BCUT2D eigenvalue weighted by atomic mass is 10.1. The molecule has 1 nitrogen and oxygen atoms in total. The second kappa shape index (κ2) is 16.4. The standard InChI is InChI=1S/C20H32OS2/c21-16-19-22-17-12-10-8-6-4-2-1-3-5-7-9-11-14-20-15-13-18-23-20/h13,15,18,21H,1-10,12,16-17,19H2. The zero-order chi connectivity index (χ0) is 16.4. The number of thiophene rings is 1. The highest BCUT2D eigenvalue weighted by atomic mass is 32.2. The van der Waals surface area contributed by atoms with Crippen LogP contribution in [-0.2, 0) is 0 Å². The van der Waals surface area contributed by atoms with Crippen molar-refractivity contribution in [2.24, 2.45) is 0 Å². The Labute approximate surface area is 151 Å². The van der Waals surface area contributed by atoms with Crippen LogP contribution in [0.5, 0.6) is 0 Å². The van der Waals surface area contributed by atoms with E-state index in [1.165, 1.54) is 74.8 Å². The molecule has 0 amide bonds. The molecule has 0 atom stereocenters. The monoisotopic (exact) mass is 352 g/mol. The summed E-state index contributed by atoms with van der Waals surface area (Å²) in [4.78, 5) is 1.19. The van der Waals surface area contributed by atoms with Gasteiger partial charge in [0.15, 0.2) is 0 Å². The lowest BCUT2D eigenvalue weighted by Gasteiger charge is -2.02. The number of unbranched alkanes of at least 4 members (excludes halogenated alkanes) is 10. The van der Waals surface area contributed by atoms with Crippen LogP contribution in [0.3, 0.4) is 0 Å². The first kappa shape index (κ1) is 20.6. The van der Waals surface area contributed by atoms with E-state index in [9.17, 15) is 0 Å². The van der Waals surface area contributed by atoms with Crippen LogP contribution in [0.15, 0.2) is 17.5 Å². The van der Waals surface area contributed by atoms with Crippen LogP contribution < -0.4 is 0 Å². The molecule has 0 aromatic carbocycles. The Morgan fingerprint density at radius 2 is 1.52 bits per heavy atom. The third-order valence-electron chi connectivity index (χ3n) is 3.81. The third kappa shape index (κ3) is 13.7. The van der Waals surface area contributed by atoms with Gasteiger partial charge in [-0.05, 0) is 30.0 Å². The van der Waals surface area contributed by atoms with Gasteiger partial charge in [-0.15, -0.1) is 11.3 Å². The molecule has 1 heterocycles. The van der Waals surface area contributed by atoms with Crippen molar-refractivity contribution in [2.75, 3.05) is 18.1 Å². The zero-order valence-electron chi connectivity index (χ0n) is 14.4. The van der Waals surface area contributed by atoms with Gasteiger partial charge < -0.3 is 5.11 Å². The van der Waals surface area contributed by atoms with E-state index < -0.39 is 0 Å². The van der Waals surface area contributed by atoms with Gasteiger partial charge in [0, 0.05) is 12.2 Å². The van der Waals surface area contributed by atoms with Crippen LogP contribution in [0.1, 0.15) is 75.5 Å². The number of hydrogen-bond acceptors (Lipinski definition) is 3. The summed E-state index contributed by atoms with van der Waals surface area (Å²) in [5, 5.41) is 10.8. The SMILES string of the molecule is OCCSCCCCCCCCCCCCC#Cc1cccs1. The lowest BCUT2D eigenvalue weighted by molar-refractivity contribution is 0.322. The number of rotatable bonds is 14. The Bertz CT molecular complexity index is 403. The molecule has 0 aliphatic rings. The number of hydrogen-bond donors (Lipinski definition) is 1. The molecule has 0 fully saturated rings. The first-order chi connectivity index (χ1) is 11.4. The molecule has 130 valence electrons. The summed E-state index contributed by atoms with van der Waals surface area (Å²) in [6, 6.07) is 4.15. The fourth-order valence-corrected chi connectivity index (χ4v) is 3.83. The minimum atomic E-state index is 0.325. The van der Waals surface area contributed by atoms with Gasteiger partial charge in [-0.2, -0.15) is 11.8 Å². The van der Waals surface area contributed by atoms with Gasteiger partial charge in [0.05, 0.1) is 11.5 Å². The molecule has 1 aromatic heterocycles. The smallest absolute Gasteiger partial charge is 0.0768 e. The highest BCUT2D eigenvalue weighted by Crippen LogP contribution is 2.13. The number of thioether (sulfide) groups is 1. The summed E-state index contributed by atoms with van der Waals surface area (Å²) in [6.45, 7) is 0.325. The quantitative estimate of drug-likeness (QED) is 0.322. The molecule has 0 radical (unpaired) electrons. The zero-order valence-corrected chi connectivity index (χ0v) is 16.0. The Hall–Kier alpha value is -0.430. The average molecular weight is 353 g/mol. The first-order valence-electron chi connectivity index (χ1n) is 9.14. The molecule has 0 spiro atoms. The maximum atomic E-state index is 8.68. The predicted octanol–water partition coefficient (Wildman–Crippen LogP) is 6.12. The summed E-state index contributed by atoms with van der Waals surface area (Å²) in [6.07, 6.45) is 14.7. The highest BCUT2D eigenvalue weighted by Gasteiger charge is 1.94. The van der Waals surface area contributed by atoms with Crippen molar-refractivity contribution in [3.05, 3.63) is 22.4 Å². The van der Waals surface area contributed by atoms with Gasteiger partial charge in [-0.3, -0.25) is 0 Å². The summed E-state index contributed by atoms with van der Waals surface area (Å²) in [5.41, 5.74) is 0. The highest BCUT2D eigenvalue weighted by molar-refractivity contribution is 7.99. The molecular formula is C20H32OS2. The molecule has 0 unspecified atom stereocenters. The van der Waals surface area contributed by atoms with Crippen LogP contribution in [0, 0.1) is 11.8 Å². The van der Waals surface area contributed by atoms with E-state index in [-0.39, 0.29) is 0 Å². The fraction of sp³-hybridized carbons (Fsp3) is 0.700. The van der Waals surface area contributed by atoms with Crippen molar-refractivity contribution in [1.29, 1.82) is 0 Å². The normalized spacial score (nSPS) is 10.5. The maximum Gasteiger partial charge on any atom is 0.0768 e. The number of aliphatic hydroxyl groups excluding tert-OH is 1. The largest absolute Gasteiger partial charge is 0.396 e. The molecule has 1 N–H and O–H groups in total. The molecule has 0 saturated carbocycles. The minimum absolute atomic E-state index is 0.325. The van der Waals surface area contributed by atoms with E-state index in [1.54, 1.807) is 11.3 Å². The van der Waals surface area contributed by atoms with Crippen molar-refractivity contribution >= 4 is 23.1 Å². The Morgan fingerprint density at radius 1 is 0.870 bits per heavy atom. The van der Waals surface area contributed by atoms with Gasteiger partial charge in [0.1, 0.15) is 0 Å². The fourth-order valence-electron chi connectivity index (χ4n) is 2.50. The Balaban J connectivity index is 1.73. The number of aliphatic hydroxyl groups is 1. The van der Waals surface area contributed by atoms with Crippen LogP contribution in [0.2, 0.25) is 0 Å². The van der Waals surface area contributed by atoms with E-state index in [1.807, 2.05) is 11.8 Å². The maximum absolute atomic E-state index is 8.68. The molecule has 0 aliphatic heterocycles. The summed E-state index contributed by atoms with van der Waals surface area (Å²) in [5.74, 6) is 8.62. The van der Waals surface area contributed by atoms with E-state index in [0.29, 0.717) is 6.61 Å². The van der Waals surface area contributed by atoms with Gasteiger partial charge in [-0.25, -0.2) is 0 Å². The van der Waals surface area contributed by atoms with Crippen LogP contribution >= 0.6 is 23.1 Å². The summed E-state index contributed by atoms with van der Waals surface area (Å²) < 4.78 is 0. The van der Waals surface area contributed by atoms with E-state index >= 15 is 0 Å². The predicted molar refractivity (Wildman–Crippen MR) is 106 cm³/mol.